The van der Waals surface area contributed by atoms with E-state index in [1.54, 1.807) is 13.8 Å². The fourth-order valence-corrected chi connectivity index (χ4v) is 2.31. The number of nitrogens with one attached hydrogen (secondary N) is 1. The summed E-state index contributed by atoms with van der Waals surface area (Å²) in [5, 5.41) is 3.07. The molecule has 2 amide bonds. The largest absolute Gasteiger partial charge is 0.463 e. The van der Waals surface area contributed by atoms with E-state index in [4.69, 9.17) is 4.74 Å². The van der Waals surface area contributed by atoms with Crippen LogP contribution in [0.1, 0.15) is 13.8 Å². The molecule has 1 saturated heterocycles. The normalized spacial score (nSPS) is 17.1. The van der Waals surface area contributed by atoms with Gasteiger partial charge in [0.1, 0.15) is 6.54 Å². The highest BCUT2D eigenvalue weighted by Crippen LogP contribution is 2.28. The van der Waals surface area contributed by atoms with Crippen molar-refractivity contribution in [3.8, 4) is 0 Å². The maximum Gasteiger partial charge on any atom is 0.333 e. The summed E-state index contributed by atoms with van der Waals surface area (Å²) in [6.45, 7) is 4.22. The molecule has 6 nitrogen and oxygen atoms in total. The third-order valence-corrected chi connectivity index (χ3v) is 3.14. The first-order valence-corrected chi connectivity index (χ1v) is 6.65. The molecule has 1 aliphatic heterocycles. The van der Waals surface area contributed by atoms with Crippen LogP contribution in [0.2, 0.25) is 0 Å². The minimum Gasteiger partial charge on any atom is -0.463 e. The van der Waals surface area contributed by atoms with Crippen molar-refractivity contribution in [3.63, 3.8) is 0 Å². The van der Waals surface area contributed by atoms with Gasteiger partial charge >= 0.3 is 5.97 Å². The van der Waals surface area contributed by atoms with Gasteiger partial charge in [0.05, 0.1) is 23.5 Å². The third kappa shape index (κ3) is 4.06. The zero-order valence-electron chi connectivity index (χ0n) is 10.4. The number of amides is 2. The number of hydrogen-bond acceptors (Lipinski definition) is 5. The lowest BCUT2D eigenvalue weighted by Crippen LogP contribution is -2.37. The highest BCUT2D eigenvalue weighted by atomic mass is 32.2. The summed E-state index contributed by atoms with van der Waals surface area (Å²) < 4.78 is 4.77. The SMILES string of the molecule is CCNC(=O)CN1C(=O)CS/C1=C\C(=O)OCC. The first-order chi connectivity index (χ1) is 8.58. The fourth-order valence-electron chi connectivity index (χ4n) is 1.38. The molecule has 7 heteroatoms. The second kappa shape index (κ2) is 7.05. The van der Waals surface area contributed by atoms with E-state index in [9.17, 15) is 14.4 Å². The van der Waals surface area contributed by atoms with Crippen LogP contribution in [0.4, 0.5) is 0 Å². The second-order valence-electron chi connectivity index (χ2n) is 3.46. The van der Waals surface area contributed by atoms with Gasteiger partial charge in [-0.2, -0.15) is 0 Å². The summed E-state index contributed by atoms with van der Waals surface area (Å²) in [5.74, 6) is -0.689. The minimum atomic E-state index is -0.504. The van der Waals surface area contributed by atoms with Crippen molar-refractivity contribution in [1.29, 1.82) is 0 Å². The lowest BCUT2D eigenvalue weighted by molar-refractivity contribution is -0.137. The first kappa shape index (κ1) is 14.6. The predicted molar refractivity (Wildman–Crippen MR) is 67.6 cm³/mol. The van der Waals surface area contributed by atoms with Gasteiger partial charge in [0.2, 0.25) is 11.8 Å². The quantitative estimate of drug-likeness (QED) is 0.567. The Morgan fingerprint density at radius 2 is 2.22 bits per heavy atom. The van der Waals surface area contributed by atoms with Crippen molar-refractivity contribution >= 4 is 29.5 Å². The molecule has 18 heavy (non-hydrogen) atoms. The molecule has 0 aromatic rings. The molecule has 1 N–H and O–H groups in total. The molecule has 0 atom stereocenters. The Balaban J connectivity index is 2.70. The Labute approximate surface area is 110 Å². The maximum atomic E-state index is 11.6. The van der Waals surface area contributed by atoms with Gasteiger partial charge in [-0.05, 0) is 13.8 Å². The smallest absolute Gasteiger partial charge is 0.333 e. The Morgan fingerprint density at radius 1 is 1.50 bits per heavy atom. The van der Waals surface area contributed by atoms with Crippen LogP contribution in [-0.4, -0.2) is 48.1 Å². The number of thioether (sulfide) groups is 1. The summed E-state index contributed by atoms with van der Waals surface area (Å²) in [6, 6.07) is 0. The monoisotopic (exact) mass is 272 g/mol. The van der Waals surface area contributed by atoms with Crippen LogP contribution in [0.25, 0.3) is 0 Å². The average molecular weight is 272 g/mol. The zero-order chi connectivity index (χ0) is 13.5. The number of ether oxygens (including phenoxy) is 1. The predicted octanol–water partition coefficient (Wildman–Crippen LogP) is 0.102. The summed E-state index contributed by atoms with van der Waals surface area (Å²) >= 11 is 1.23. The number of nitrogens with zero attached hydrogens (tertiary/aromatic N) is 1. The Morgan fingerprint density at radius 3 is 2.83 bits per heavy atom. The molecule has 0 aromatic carbocycles. The third-order valence-electron chi connectivity index (χ3n) is 2.11. The lowest BCUT2D eigenvalue weighted by Gasteiger charge is -2.16. The molecule has 1 aliphatic rings. The number of likely N-dealkylation sites (N-methyl/N-ethyl adjacent to an activating group) is 1. The summed E-state index contributed by atoms with van der Waals surface area (Å²) in [4.78, 5) is 35.7. The molecule has 1 heterocycles. The molecule has 1 rings (SSSR count). The van der Waals surface area contributed by atoms with E-state index in [0.717, 1.165) is 0 Å². The second-order valence-corrected chi connectivity index (χ2v) is 4.45. The Bertz CT molecular complexity index is 381. The molecule has 0 spiro atoms. The highest BCUT2D eigenvalue weighted by molar-refractivity contribution is 8.04. The van der Waals surface area contributed by atoms with E-state index in [1.807, 2.05) is 0 Å². The van der Waals surface area contributed by atoms with Gasteiger partial charge in [0.15, 0.2) is 0 Å². The number of carbonyl (C=O) groups is 3. The summed E-state index contributed by atoms with van der Waals surface area (Å²) in [6.07, 6.45) is 1.25. The van der Waals surface area contributed by atoms with Crippen molar-refractivity contribution in [2.45, 2.75) is 13.8 Å². The van der Waals surface area contributed by atoms with E-state index in [2.05, 4.69) is 5.32 Å². The van der Waals surface area contributed by atoms with Gasteiger partial charge < -0.3 is 10.1 Å². The van der Waals surface area contributed by atoms with Gasteiger partial charge in [0, 0.05) is 6.54 Å². The van der Waals surface area contributed by atoms with Gasteiger partial charge in [-0.3, -0.25) is 14.5 Å². The molecule has 100 valence electrons. The molecule has 1 fully saturated rings. The van der Waals surface area contributed by atoms with Crippen LogP contribution in [0.3, 0.4) is 0 Å². The maximum absolute atomic E-state index is 11.6. The molecule has 0 radical (unpaired) electrons. The van der Waals surface area contributed by atoms with Crippen molar-refractivity contribution in [2.75, 3.05) is 25.4 Å². The van der Waals surface area contributed by atoms with E-state index in [1.165, 1.54) is 22.7 Å². The number of esters is 1. The average Bonchev–Trinajstić information content (AvgIpc) is 2.62. The molecule has 0 aliphatic carbocycles. The van der Waals surface area contributed by atoms with Gasteiger partial charge in [-0.25, -0.2) is 4.79 Å². The first-order valence-electron chi connectivity index (χ1n) is 5.66. The lowest BCUT2D eigenvalue weighted by atomic mass is 10.4. The van der Waals surface area contributed by atoms with Gasteiger partial charge in [-0.15, -0.1) is 0 Å². The van der Waals surface area contributed by atoms with Gasteiger partial charge in [-0.1, -0.05) is 11.8 Å². The van der Waals surface area contributed by atoms with E-state index in [-0.39, 0.29) is 30.7 Å². The van der Waals surface area contributed by atoms with Gasteiger partial charge in [0.25, 0.3) is 0 Å². The molecular formula is C11H16N2O4S. The van der Waals surface area contributed by atoms with Crippen LogP contribution >= 0.6 is 11.8 Å². The number of rotatable bonds is 5. The van der Waals surface area contributed by atoms with Crippen LogP contribution in [0.15, 0.2) is 11.1 Å². The fraction of sp³-hybridized carbons (Fsp3) is 0.545. The van der Waals surface area contributed by atoms with Crippen molar-refractivity contribution in [3.05, 3.63) is 11.1 Å². The molecule has 0 saturated carbocycles. The molecule has 0 unspecified atom stereocenters. The molecule has 0 aromatic heterocycles. The number of hydrogen-bond donors (Lipinski definition) is 1. The minimum absolute atomic E-state index is 0.0646. The van der Waals surface area contributed by atoms with E-state index < -0.39 is 5.97 Å². The van der Waals surface area contributed by atoms with Crippen LogP contribution in [0.5, 0.6) is 0 Å². The topological polar surface area (TPSA) is 75.7 Å². The summed E-state index contributed by atoms with van der Waals surface area (Å²) in [5.41, 5.74) is 0. The Hall–Kier alpha value is -1.50. The highest BCUT2D eigenvalue weighted by Gasteiger charge is 2.28. The molecular weight excluding hydrogens is 256 g/mol. The van der Waals surface area contributed by atoms with E-state index in [0.29, 0.717) is 11.6 Å². The standard InChI is InChI=1S/C11H16N2O4S/c1-3-12-8(14)6-13-9(15)7-18-10(13)5-11(16)17-4-2/h5H,3-4,6-7H2,1-2H3,(H,12,14)/b10-5-. The van der Waals surface area contributed by atoms with Crippen LogP contribution in [-0.2, 0) is 19.1 Å². The van der Waals surface area contributed by atoms with Crippen molar-refractivity contribution < 1.29 is 19.1 Å². The molecule has 0 bridgehead atoms. The van der Waals surface area contributed by atoms with E-state index >= 15 is 0 Å². The summed E-state index contributed by atoms with van der Waals surface area (Å²) in [7, 11) is 0. The van der Waals surface area contributed by atoms with Crippen molar-refractivity contribution in [1.82, 2.24) is 10.2 Å². The van der Waals surface area contributed by atoms with Crippen LogP contribution in [0, 0.1) is 0 Å². The van der Waals surface area contributed by atoms with Crippen LogP contribution < -0.4 is 5.32 Å². The zero-order valence-corrected chi connectivity index (χ0v) is 11.2. The number of carbonyl (C=O) groups excluding carboxylic acids is 3. The Kier molecular flexibility index (Phi) is 5.70. The van der Waals surface area contributed by atoms with Crippen molar-refractivity contribution in [2.24, 2.45) is 0 Å².